The average Bonchev–Trinajstić information content (AvgIpc) is 3.40. The molecule has 10 heteroatoms. The Kier molecular flexibility index (Phi) is 4.58. The maximum Gasteiger partial charge on any atom is 0.323 e. The summed E-state index contributed by atoms with van der Waals surface area (Å²) in [5.41, 5.74) is 3.64. The molecule has 0 spiro atoms. The summed E-state index contributed by atoms with van der Waals surface area (Å²) in [7, 11) is 0. The molecule has 170 valence electrons. The predicted molar refractivity (Wildman–Crippen MR) is 121 cm³/mol. The predicted octanol–water partition coefficient (Wildman–Crippen LogP) is 2.98. The number of nitrogens with zero attached hydrogens (tertiary/aromatic N) is 5. The van der Waals surface area contributed by atoms with Gasteiger partial charge in [-0.25, -0.2) is 9.67 Å². The lowest BCUT2D eigenvalue weighted by molar-refractivity contribution is 0.411. The van der Waals surface area contributed by atoms with Gasteiger partial charge in [0.1, 0.15) is 18.3 Å². The van der Waals surface area contributed by atoms with Crippen molar-refractivity contribution in [3.63, 3.8) is 0 Å². The maximum atomic E-state index is 13.5. The first-order valence-corrected chi connectivity index (χ1v) is 11.2. The SMILES string of the molecule is CCn1c(=O)c2cnc(Nc3ccc4c(c3)CNCC4)nc2n1-c1nc(C2(CF)CC2)co1. The van der Waals surface area contributed by atoms with Gasteiger partial charge in [-0.05, 0) is 56.0 Å². The molecular weight excluding hydrogens is 425 g/mol. The van der Waals surface area contributed by atoms with Crippen molar-refractivity contribution in [3.8, 4) is 6.01 Å². The molecule has 0 saturated heterocycles. The van der Waals surface area contributed by atoms with Crippen LogP contribution in [0.4, 0.5) is 16.0 Å². The second-order valence-corrected chi connectivity index (χ2v) is 8.73. The van der Waals surface area contributed by atoms with E-state index >= 15 is 0 Å². The summed E-state index contributed by atoms with van der Waals surface area (Å²) in [5, 5.41) is 6.99. The van der Waals surface area contributed by atoms with Gasteiger partial charge in [0, 0.05) is 30.4 Å². The highest BCUT2D eigenvalue weighted by Crippen LogP contribution is 2.48. The fourth-order valence-corrected chi connectivity index (χ4v) is 4.47. The first kappa shape index (κ1) is 20.1. The van der Waals surface area contributed by atoms with Crippen LogP contribution < -0.4 is 16.2 Å². The molecular formula is C23H24FN7O2. The van der Waals surface area contributed by atoms with E-state index in [0.29, 0.717) is 29.2 Å². The van der Waals surface area contributed by atoms with Crippen LogP contribution in [0.15, 0.2) is 39.9 Å². The van der Waals surface area contributed by atoms with Crippen molar-refractivity contribution in [2.75, 3.05) is 18.5 Å². The first-order valence-electron chi connectivity index (χ1n) is 11.2. The fraction of sp³-hybridized carbons (Fsp3) is 0.391. The highest BCUT2D eigenvalue weighted by Gasteiger charge is 2.47. The van der Waals surface area contributed by atoms with Crippen molar-refractivity contribution >= 4 is 22.7 Å². The van der Waals surface area contributed by atoms with Crippen molar-refractivity contribution in [3.05, 3.63) is 57.8 Å². The second-order valence-electron chi connectivity index (χ2n) is 8.73. The van der Waals surface area contributed by atoms with Gasteiger partial charge in [0.05, 0.1) is 5.69 Å². The molecule has 33 heavy (non-hydrogen) atoms. The third kappa shape index (κ3) is 3.24. The average molecular weight is 449 g/mol. The van der Waals surface area contributed by atoms with E-state index in [9.17, 15) is 9.18 Å². The van der Waals surface area contributed by atoms with Crippen LogP contribution in [0.2, 0.25) is 0 Å². The molecule has 0 amide bonds. The summed E-state index contributed by atoms with van der Waals surface area (Å²) >= 11 is 0. The summed E-state index contributed by atoms with van der Waals surface area (Å²) in [6.07, 6.45) is 5.50. The molecule has 1 fully saturated rings. The molecule has 0 atom stereocenters. The van der Waals surface area contributed by atoms with E-state index in [1.807, 2.05) is 13.0 Å². The van der Waals surface area contributed by atoms with Crippen LogP contribution in [-0.2, 0) is 24.9 Å². The normalized spacial score (nSPS) is 16.7. The third-order valence-electron chi connectivity index (χ3n) is 6.65. The van der Waals surface area contributed by atoms with E-state index in [0.717, 1.165) is 38.0 Å². The maximum absolute atomic E-state index is 13.5. The van der Waals surface area contributed by atoms with Crippen molar-refractivity contribution in [1.29, 1.82) is 0 Å². The largest absolute Gasteiger partial charge is 0.430 e. The molecule has 1 aliphatic carbocycles. The van der Waals surface area contributed by atoms with E-state index in [1.54, 1.807) is 4.68 Å². The minimum Gasteiger partial charge on any atom is -0.430 e. The second kappa shape index (κ2) is 7.51. The number of benzene rings is 1. The van der Waals surface area contributed by atoms with Gasteiger partial charge < -0.3 is 15.1 Å². The lowest BCUT2D eigenvalue weighted by atomic mass is 10.0. The van der Waals surface area contributed by atoms with Gasteiger partial charge in [-0.1, -0.05) is 6.07 Å². The zero-order valence-electron chi connectivity index (χ0n) is 18.3. The Bertz CT molecular complexity index is 1420. The molecule has 2 N–H and O–H groups in total. The molecule has 4 heterocycles. The quantitative estimate of drug-likeness (QED) is 0.466. The van der Waals surface area contributed by atoms with Crippen LogP contribution in [0.3, 0.4) is 0 Å². The van der Waals surface area contributed by atoms with E-state index in [2.05, 4.69) is 37.7 Å². The van der Waals surface area contributed by atoms with Crippen LogP contribution in [0.25, 0.3) is 17.0 Å². The van der Waals surface area contributed by atoms with E-state index in [4.69, 9.17) is 4.42 Å². The number of aromatic nitrogens is 5. The van der Waals surface area contributed by atoms with Crippen LogP contribution in [0, 0.1) is 0 Å². The third-order valence-corrected chi connectivity index (χ3v) is 6.65. The summed E-state index contributed by atoms with van der Waals surface area (Å²) in [6, 6.07) is 6.41. The van der Waals surface area contributed by atoms with Crippen LogP contribution in [0.5, 0.6) is 0 Å². The van der Waals surface area contributed by atoms with E-state index in [-0.39, 0.29) is 11.6 Å². The van der Waals surface area contributed by atoms with Crippen LogP contribution >= 0.6 is 0 Å². The number of oxazole rings is 1. The lowest BCUT2D eigenvalue weighted by Crippen LogP contribution is -2.23. The van der Waals surface area contributed by atoms with E-state index in [1.165, 1.54) is 28.3 Å². The van der Waals surface area contributed by atoms with Crippen molar-refractivity contribution in [1.82, 2.24) is 29.6 Å². The Hall–Kier alpha value is -3.53. The monoisotopic (exact) mass is 449 g/mol. The Labute approximate surface area is 188 Å². The molecule has 0 radical (unpaired) electrons. The van der Waals surface area contributed by atoms with Gasteiger partial charge in [-0.3, -0.25) is 9.18 Å². The number of hydrogen-bond acceptors (Lipinski definition) is 7. The number of fused-ring (bicyclic) bond motifs is 2. The van der Waals surface area contributed by atoms with Gasteiger partial charge in [0.25, 0.3) is 5.56 Å². The highest BCUT2D eigenvalue weighted by atomic mass is 19.1. The Morgan fingerprint density at radius 1 is 1.27 bits per heavy atom. The van der Waals surface area contributed by atoms with Crippen molar-refractivity contribution in [2.45, 2.75) is 44.7 Å². The molecule has 2 aliphatic rings. The molecule has 1 aromatic carbocycles. The number of anilines is 2. The number of rotatable bonds is 6. The molecule has 4 aromatic rings. The van der Waals surface area contributed by atoms with Gasteiger partial charge in [0.15, 0.2) is 5.65 Å². The molecule has 3 aromatic heterocycles. The number of hydrogen-bond donors (Lipinski definition) is 2. The minimum atomic E-state index is -0.551. The summed E-state index contributed by atoms with van der Waals surface area (Å²) < 4.78 is 22.3. The minimum absolute atomic E-state index is 0.197. The van der Waals surface area contributed by atoms with Gasteiger partial charge in [-0.15, -0.1) is 0 Å². The standard InChI is InChI=1S/C23H24FN7O2/c1-2-30-20(32)17-11-26-21(27-16-4-3-14-5-8-25-10-15(14)9-16)29-19(17)31(30)22-28-18(12-33-22)23(13-24)6-7-23/h3-4,9,11-12,25H,2,5-8,10,13H2,1H3,(H,26,27,29). The van der Waals surface area contributed by atoms with Crippen molar-refractivity contribution < 1.29 is 8.81 Å². The van der Waals surface area contributed by atoms with Gasteiger partial charge >= 0.3 is 6.01 Å². The highest BCUT2D eigenvalue weighted by molar-refractivity contribution is 5.76. The van der Waals surface area contributed by atoms with Gasteiger partial charge in [0.2, 0.25) is 5.95 Å². The van der Waals surface area contributed by atoms with Crippen LogP contribution in [-0.4, -0.2) is 37.5 Å². The first-order chi connectivity index (χ1) is 16.1. The van der Waals surface area contributed by atoms with Crippen LogP contribution in [0.1, 0.15) is 36.6 Å². The zero-order valence-corrected chi connectivity index (χ0v) is 18.3. The zero-order chi connectivity index (χ0) is 22.6. The Morgan fingerprint density at radius 3 is 2.94 bits per heavy atom. The Morgan fingerprint density at radius 2 is 2.15 bits per heavy atom. The lowest BCUT2D eigenvalue weighted by Gasteiger charge is -2.18. The molecule has 1 aliphatic heterocycles. The summed E-state index contributed by atoms with van der Waals surface area (Å²) in [4.78, 5) is 26.5. The Balaban J connectivity index is 1.41. The number of halogens is 1. The molecule has 0 unspecified atom stereocenters. The van der Waals surface area contributed by atoms with E-state index < -0.39 is 12.1 Å². The smallest absolute Gasteiger partial charge is 0.323 e. The van der Waals surface area contributed by atoms with Gasteiger partial charge in [-0.2, -0.15) is 14.6 Å². The number of nitrogens with one attached hydrogen (secondary N) is 2. The number of alkyl halides is 1. The summed E-state index contributed by atoms with van der Waals surface area (Å²) in [6.45, 7) is 3.59. The molecule has 9 nitrogen and oxygen atoms in total. The molecule has 1 saturated carbocycles. The van der Waals surface area contributed by atoms with Crippen molar-refractivity contribution in [2.24, 2.45) is 0 Å². The molecule has 6 rings (SSSR count). The fourth-order valence-electron chi connectivity index (χ4n) is 4.47. The molecule has 0 bridgehead atoms. The topological polar surface area (TPSA) is 103 Å². The summed E-state index contributed by atoms with van der Waals surface area (Å²) in [5.74, 6) is 0.363.